The molecule has 0 saturated heterocycles. The van der Waals surface area contributed by atoms with E-state index in [1.165, 1.54) is 11.0 Å². The van der Waals surface area contributed by atoms with Gasteiger partial charge in [-0.05, 0) is 34.8 Å². The topological polar surface area (TPSA) is 95.9 Å². The highest BCUT2D eigenvalue weighted by atomic mass is 19.1. The van der Waals surface area contributed by atoms with Crippen molar-refractivity contribution in [3.8, 4) is 11.1 Å². The molecule has 1 heterocycles. The van der Waals surface area contributed by atoms with E-state index in [2.05, 4.69) is 5.32 Å². The van der Waals surface area contributed by atoms with E-state index in [-0.39, 0.29) is 25.6 Å². The van der Waals surface area contributed by atoms with Crippen LogP contribution in [0.1, 0.15) is 29.9 Å². The molecule has 2 N–H and O–H groups in total. The summed E-state index contributed by atoms with van der Waals surface area (Å²) >= 11 is 0. The Bertz CT molecular complexity index is 1040. The lowest BCUT2D eigenvalue weighted by atomic mass is 9.98. The van der Waals surface area contributed by atoms with Gasteiger partial charge in [0.05, 0.1) is 13.0 Å². The summed E-state index contributed by atoms with van der Waals surface area (Å²) in [7, 11) is 0. The first-order chi connectivity index (χ1) is 15.4. The number of hydrogen-bond acceptors (Lipinski definition) is 4. The number of carboxylic acid groups (broad SMARTS) is 1. The lowest BCUT2D eigenvalue weighted by Crippen LogP contribution is -2.51. The largest absolute Gasteiger partial charge is 0.481 e. The number of hydrogen-bond donors (Lipinski definition) is 2. The van der Waals surface area contributed by atoms with E-state index < -0.39 is 36.3 Å². The number of carboxylic acids is 1. The fourth-order valence-electron chi connectivity index (χ4n) is 4.27. The molecule has 7 nitrogen and oxygen atoms in total. The lowest BCUT2D eigenvalue weighted by Gasteiger charge is -2.28. The van der Waals surface area contributed by atoms with Crippen molar-refractivity contribution >= 4 is 18.0 Å². The second kappa shape index (κ2) is 9.21. The Kier molecular flexibility index (Phi) is 6.20. The van der Waals surface area contributed by atoms with Crippen molar-refractivity contribution in [1.82, 2.24) is 10.2 Å². The molecule has 2 aromatic carbocycles. The molecule has 1 atom stereocenters. The van der Waals surface area contributed by atoms with E-state index >= 15 is 0 Å². The maximum Gasteiger partial charge on any atom is 0.407 e. The minimum atomic E-state index is -1.34. The summed E-state index contributed by atoms with van der Waals surface area (Å²) in [5, 5.41) is 11.5. The third-order valence-electron chi connectivity index (χ3n) is 5.73. The zero-order chi connectivity index (χ0) is 22.7. The van der Waals surface area contributed by atoms with Gasteiger partial charge >= 0.3 is 12.1 Å². The minimum Gasteiger partial charge on any atom is -0.481 e. The number of carbonyl (C=O) groups excluding carboxylic acids is 2. The average molecular weight is 438 g/mol. The van der Waals surface area contributed by atoms with Crippen LogP contribution in [-0.4, -0.2) is 53.7 Å². The molecule has 32 heavy (non-hydrogen) atoms. The summed E-state index contributed by atoms with van der Waals surface area (Å²) in [5.74, 6) is -2.53. The summed E-state index contributed by atoms with van der Waals surface area (Å²) in [4.78, 5) is 37.6. The van der Waals surface area contributed by atoms with Gasteiger partial charge in [0.25, 0.3) is 0 Å². The van der Waals surface area contributed by atoms with Gasteiger partial charge in [-0.25, -0.2) is 9.18 Å². The molecule has 0 radical (unpaired) electrons. The number of amides is 2. The smallest absolute Gasteiger partial charge is 0.407 e. The fourth-order valence-corrected chi connectivity index (χ4v) is 4.27. The lowest BCUT2D eigenvalue weighted by molar-refractivity contribution is -0.142. The predicted octanol–water partition coefficient (Wildman–Crippen LogP) is 3.45. The van der Waals surface area contributed by atoms with Crippen LogP contribution < -0.4 is 5.32 Å². The maximum atomic E-state index is 13.6. The number of halogens is 1. The number of nitrogens with one attached hydrogen (secondary N) is 1. The molecule has 0 fully saturated rings. The molecule has 2 aliphatic rings. The first-order valence-corrected chi connectivity index (χ1v) is 10.4. The van der Waals surface area contributed by atoms with E-state index in [0.29, 0.717) is 6.42 Å². The Morgan fingerprint density at radius 2 is 1.72 bits per heavy atom. The molecule has 1 unspecified atom stereocenters. The predicted molar refractivity (Wildman–Crippen MR) is 115 cm³/mol. The highest BCUT2D eigenvalue weighted by Crippen LogP contribution is 2.44. The highest BCUT2D eigenvalue weighted by molar-refractivity contribution is 5.89. The van der Waals surface area contributed by atoms with Crippen LogP contribution in [0.25, 0.3) is 11.1 Å². The van der Waals surface area contributed by atoms with Gasteiger partial charge in [-0.1, -0.05) is 48.5 Å². The van der Waals surface area contributed by atoms with Crippen molar-refractivity contribution in [3.63, 3.8) is 0 Å². The van der Waals surface area contributed by atoms with E-state index in [9.17, 15) is 18.8 Å². The van der Waals surface area contributed by atoms with E-state index in [0.717, 1.165) is 22.3 Å². The van der Waals surface area contributed by atoms with Crippen LogP contribution in [0.5, 0.6) is 0 Å². The van der Waals surface area contributed by atoms with E-state index in [1.807, 2.05) is 48.5 Å². The van der Waals surface area contributed by atoms with Gasteiger partial charge < -0.3 is 20.1 Å². The number of fused-ring (bicyclic) bond motifs is 3. The van der Waals surface area contributed by atoms with Gasteiger partial charge in [-0.15, -0.1) is 0 Å². The van der Waals surface area contributed by atoms with Gasteiger partial charge in [0.15, 0.2) is 0 Å². The summed E-state index contributed by atoms with van der Waals surface area (Å²) in [6.45, 7) is 0.0605. The number of carbonyl (C=O) groups is 3. The number of ether oxygens (including phenoxy) is 1. The highest BCUT2D eigenvalue weighted by Gasteiger charge is 2.32. The van der Waals surface area contributed by atoms with Crippen molar-refractivity contribution in [2.45, 2.75) is 24.8 Å². The zero-order valence-electron chi connectivity index (χ0n) is 17.3. The van der Waals surface area contributed by atoms with Crippen LogP contribution in [0.2, 0.25) is 0 Å². The Balaban J connectivity index is 1.43. The molecule has 0 bridgehead atoms. The van der Waals surface area contributed by atoms with Gasteiger partial charge in [-0.3, -0.25) is 9.59 Å². The number of aliphatic carboxylic acids is 1. The molecule has 8 heteroatoms. The van der Waals surface area contributed by atoms with Crippen LogP contribution in [0.3, 0.4) is 0 Å². The summed E-state index contributed by atoms with van der Waals surface area (Å²) < 4.78 is 19.0. The second-order valence-corrected chi connectivity index (χ2v) is 7.82. The van der Waals surface area contributed by atoms with E-state index in [4.69, 9.17) is 9.84 Å². The molecule has 1 aliphatic heterocycles. The normalized spacial score (nSPS) is 15.9. The Labute approximate surface area is 184 Å². The van der Waals surface area contributed by atoms with Crippen molar-refractivity contribution in [2.24, 2.45) is 0 Å². The number of rotatable bonds is 6. The molecular weight excluding hydrogens is 415 g/mol. The first kappa shape index (κ1) is 21.5. The average Bonchev–Trinajstić information content (AvgIpc) is 3.10. The maximum absolute atomic E-state index is 13.6. The third-order valence-corrected chi connectivity index (χ3v) is 5.73. The summed E-state index contributed by atoms with van der Waals surface area (Å²) in [5.41, 5.74) is 4.23. The van der Waals surface area contributed by atoms with Gasteiger partial charge in [0, 0.05) is 12.5 Å². The molecule has 2 amide bonds. The second-order valence-electron chi connectivity index (χ2n) is 7.82. The van der Waals surface area contributed by atoms with Gasteiger partial charge in [0.2, 0.25) is 5.91 Å². The number of benzene rings is 2. The van der Waals surface area contributed by atoms with Crippen LogP contribution >= 0.6 is 0 Å². The van der Waals surface area contributed by atoms with Crippen LogP contribution in [0.15, 0.2) is 60.4 Å². The minimum absolute atomic E-state index is 0.0366. The zero-order valence-corrected chi connectivity index (χ0v) is 17.3. The van der Waals surface area contributed by atoms with Crippen molar-refractivity contribution in [1.29, 1.82) is 0 Å². The number of alkyl carbamates (subject to hydrolysis) is 1. The fraction of sp³-hybridized carbons (Fsp3) is 0.292. The van der Waals surface area contributed by atoms with Crippen molar-refractivity contribution < 1.29 is 28.6 Å². The molecule has 0 spiro atoms. The molecule has 1 aliphatic carbocycles. The van der Waals surface area contributed by atoms with Crippen LogP contribution in [0.4, 0.5) is 9.18 Å². The number of nitrogens with zero attached hydrogens (tertiary/aromatic N) is 1. The summed E-state index contributed by atoms with van der Waals surface area (Å²) in [6.07, 6.45) is 0.210. The van der Waals surface area contributed by atoms with Gasteiger partial charge in [-0.2, -0.15) is 0 Å². The van der Waals surface area contributed by atoms with Crippen molar-refractivity contribution in [2.75, 3.05) is 19.7 Å². The molecular formula is C24H23FN2O5. The Morgan fingerprint density at radius 1 is 1.09 bits per heavy atom. The third kappa shape index (κ3) is 4.49. The van der Waals surface area contributed by atoms with Crippen LogP contribution in [-0.2, 0) is 14.3 Å². The molecule has 2 aromatic rings. The molecule has 4 rings (SSSR count). The molecule has 0 saturated carbocycles. The van der Waals surface area contributed by atoms with Crippen LogP contribution in [0, 0.1) is 0 Å². The first-order valence-electron chi connectivity index (χ1n) is 10.4. The van der Waals surface area contributed by atoms with E-state index in [1.54, 1.807) is 0 Å². The Morgan fingerprint density at radius 3 is 2.31 bits per heavy atom. The Hall–Kier alpha value is -3.68. The summed E-state index contributed by atoms with van der Waals surface area (Å²) in [6, 6.07) is 14.4. The SMILES string of the molecule is O=C(O)CC(NC(=O)OCC1c2ccccc2-c2ccccc21)C(=O)N1CCC=C(F)C1. The molecule has 166 valence electrons. The quantitative estimate of drug-likeness (QED) is 0.720. The van der Waals surface area contributed by atoms with Gasteiger partial charge in [0.1, 0.15) is 18.5 Å². The monoisotopic (exact) mass is 438 g/mol. The van der Waals surface area contributed by atoms with Crippen molar-refractivity contribution in [3.05, 3.63) is 71.6 Å². The standard InChI is InChI=1S/C24H23FN2O5/c25-15-6-5-11-27(13-15)23(30)21(12-22(28)29)26-24(31)32-14-20-18-9-3-1-7-16(18)17-8-2-4-10-19(17)20/h1-4,6-10,20-21H,5,11-14H2,(H,26,31)(H,28,29). The molecule has 0 aromatic heterocycles.